The van der Waals surface area contributed by atoms with E-state index in [2.05, 4.69) is 5.32 Å². The fraction of sp³-hybridized carbons (Fsp3) is 0.833. The molecule has 0 radical (unpaired) electrons. The van der Waals surface area contributed by atoms with Crippen LogP contribution < -0.4 is 5.32 Å². The van der Waals surface area contributed by atoms with Gasteiger partial charge in [-0.3, -0.25) is 9.59 Å². The topological polar surface area (TPSA) is 49.4 Å². The molecule has 0 aliphatic carbocycles. The Morgan fingerprint density at radius 1 is 1.25 bits per heavy atom. The minimum atomic E-state index is -0.193. The van der Waals surface area contributed by atoms with Crippen LogP contribution in [0.25, 0.3) is 0 Å². The largest absolute Gasteiger partial charge is 0.354 e. The Kier molecular flexibility index (Phi) is 6.08. The zero-order chi connectivity index (χ0) is 12.8. The molecule has 0 saturated carbocycles. The van der Waals surface area contributed by atoms with Crippen LogP contribution in [0.4, 0.5) is 0 Å². The fourth-order valence-corrected chi connectivity index (χ4v) is 1.59. The molecule has 0 aliphatic rings. The van der Waals surface area contributed by atoms with E-state index in [0.29, 0.717) is 19.5 Å². The van der Waals surface area contributed by atoms with Crippen molar-refractivity contribution in [2.24, 2.45) is 0 Å². The van der Waals surface area contributed by atoms with E-state index in [-0.39, 0.29) is 17.4 Å². The molecule has 0 saturated heterocycles. The zero-order valence-electron chi connectivity index (χ0n) is 11.1. The lowest BCUT2D eigenvalue weighted by Gasteiger charge is -2.35. The Balaban J connectivity index is 4.05. The number of amides is 2. The average molecular weight is 228 g/mol. The van der Waals surface area contributed by atoms with Gasteiger partial charge in [-0.2, -0.15) is 0 Å². The van der Waals surface area contributed by atoms with Crippen molar-refractivity contribution in [3.63, 3.8) is 0 Å². The van der Waals surface area contributed by atoms with Gasteiger partial charge >= 0.3 is 0 Å². The van der Waals surface area contributed by atoms with Gasteiger partial charge in [0.15, 0.2) is 0 Å². The van der Waals surface area contributed by atoms with Crippen LogP contribution >= 0.6 is 0 Å². The molecule has 94 valence electrons. The van der Waals surface area contributed by atoms with E-state index in [1.807, 2.05) is 27.7 Å². The number of nitrogens with zero attached hydrogens (tertiary/aromatic N) is 1. The summed E-state index contributed by atoms with van der Waals surface area (Å²) in [6, 6.07) is 0. The zero-order valence-corrected chi connectivity index (χ0v) is 11.1. The Labute approximate surface area is 98.4 Å². The standard InChI is InChI=1S/C12H24N2O2/c1-6-7-11(16)13-8-9-14(10(2)15)12(3,4)5/h6-9H2,1-5H3,(H,13,16). The van der Waals surface area contributed by atoms with E-state index in [1.54, 1.807) is 11.8 Å². The molecular weight excluding hydrogens is 204 g/mol. The molecule has 0 aromatic rings. The Morgan fingerprint density at radius 3 is 2.19 bits per heavy atom. The van der Waals surface area contributed by atoms with Crippen molar-refractivity contribution in [1.29, 1.82) is 0 Å². The minimum Gasteiger partial charge on any atom is -0.354 e. The maximum atomic E-state index is 11.4. The summed E-state index contributed by atoms with van der Waals surface area (Å²) in [4.78, 5) is 24.4. The first-order chi connectivity index (χ1) is 7.29. The molecule has 0 aromatic carbocycles. The van der Waals surface area contributed by atoms with Gasteiger partial charge in [-0.05, 0) is 27.2 Å². The highest BCUT2D eigenvalue weighted by Gasteiger charge is 2.22. The number of nitrogens with one attached hydrogen (secondary N) is 1. The van der Waals surface area contributed by atoms with Crippen molar-refractivity contribution in [3.05, 3.63) is 0 Å². The molecule has 0 atom stereocenters. The highest BCUT2D eigenvalue weighted by molar-refractivity contribution is 5.76. The summed E-state index contributed by atoms with van der Waals surface area (Å²) in [5.74, 6) is 0.0946. The molecule has 1 N–H and O–H groups in total. The maximum absolute atomic E-state index is 11.4. The molecule has 0 bridgehead atoms. The second-order valence-electron chi connectivity index (χ2n) is 4.94. The monoisotopic (exact) mass is 228 g/mol. The van der Waals surface area contributed by atoms with Gasteiger partial charge in [0.25, 0.3) is 0 Å². The van der Waals surface area contributed by atoms with E-state index in [0.717, 1.165) is 6.42 Å². The van der Waals surface area contributed by atoms with Gasteiger partial charge < -0.3 is 10.2 Å². The lowest BCUT2D eigenvalue weighted by atomic mass is 10.1. The first-order valence-corrected chi connectivity index (χ1v) is 5.84. The lowest BCUT2D eigenvalue weighted by Crippen LogP contribution is -2.48. The van der Waals surface area contributed by atoms with Crippen molar-refractivity contribution in [2.75, 3.05) is 13.1 Å². The van der Waals surface area contributed by atoms with Crippen molar-refractivity contribution in [1.82, 2.24) is 10.2 Å². The minimum absolute atomic E-state index is 0.0391. The van der Waals surface area contributed by atoms with Crippen molar-refractivity contribution in [3.8, 4) is 0 Å². The van der Waals surface area contributed by atoms with Crippen LogP contribution in [0.5, 0.6) is 0 Å². The van der Waals surface area contributed by atoms with Gasteiger partial charge in [0, 0.05) is 32.0 Å². The van der Waals surface area contributed by atoms with Gasteiger partial charge in [-0.15, -0.1) is 0 Å². The smallest absolute Gasteiger partial charge is 0.220 e. The van der Waals surface area contributed by atoms with Crippen LogP contribution in [0.1, 0.15) is 47.5 Å². The fourth-order valence-electron chi connectivity index (χ4n) is 1.59. The van der Waals surface area contributed by atoms with Crippen molar-refractivity contribution in [2.45, 2.75) is 53.0 Å². The third-order valence-electron chi connectivity index (χ3n) is 2.32. The molecule has 4 heteroatoms. The van der Waals surface area contributed by atoms with Crippen LogP contribution in [-0.4, -0.2) is 35.3 Å². The highest BCUT2D eigenvalue weighted by Crippen LogP contribution is 2.12. The number of hydrogen-bond acceptors (Lipinski definition) is 2. The number of carbonyl (C=O) groups excluding carboxylic acids is 2. The molecule has 4 nitrogen and oxygen atoms in total. The van der Waals surface area contributed by atoms with Gasteiger partial charge in [0.2, 0.25) is 11.8 Å². The van der Waals surface area contributed by atoms with Crippen LogP contribution in [0.15, 0.2) is 0 Å². The molecule has 0 aliphatic heterocycles. The van der Waals surface area contributed by atoms with Gasteiger partial charge in [-0.25, -0.2) is 0 Å². The maximum Gasteiger partial charge on any atom is 0.220 e. The predicted octanol–water partition coefficient (Wildman–Crippen LogP) is 1.55. The molecule has 0 unspecified atom stereocenters. The molecule has 0 fully saturated rings. The normalized spacial score (nSPS) is 11.1. The highest BCUT2D eigenvalue weighted by atomic mass is 16.2. The first-order valence-electron chi connectivity index (χ1n) is 5.84. The van der Waals surface area contributed by atoms with E-state index >= 15 is 0 Å². The number of hydrogen-bond donors (Lipinski definition) is 1. The second-order valence-corrected chi connectivity index (χ2v) is 4.94. The summed E-state index contributed by atoms with van der Waals surface area (Å²) in [5.41, 5.74) is -0.193. The van der Waals surface area contributed by atoms with E-state index in [1.165, 1.54) is 0 Å². The quantitative estimate of drug-likeness (QED) is 0.776. The summed E-state index contributed by atoms with van der Waals surface area (Å²) in [6.45, 7) is 10.6. The van der Waals surface area contributed by atoms with Crippen molar-refractivity contribution >= 4 is 11.8 Å². The molecule has 16 heavy (non-hydrogen) atoms. The Morgan fingerprint density at radius 2 is 1.81 bits per heavy atom. The van der Waals surface area contributed by atoms with Gasteiger partial charge in [0.1, 0.15) is 0 Å². The molecular formula is C12H24N2O2. The summed E-state index contributed by atoms with van der Waals surface area (Å²) < 4.78 is 0. The third-order valence-corrected chi connectivity index (χ3v) is 2.32. The number of carbonyl (C=O) groups is 2. The second kappa shape index (κ2) is 6.51. The van der Waals surface area contributed by atoms with Crippen LogP contribution in [-0.2, 0) is 9.59 Å². The predicted molar refractivity (Wildman–Crippen MR) is 65.1 cm³/mol. The van der Waals surface area contributed by atoms with Gasteiger partial charge in [-0.1, -0.05) is 6.92 Å². The average Bonchev–Trinajstić information content (AvgIpc) is 2.10. The molecule has 0 spiro atoms. The summed E-state index contributed by atoms with van der Waals surface area (Å²) in [7, 11) is 0. The lowest BCUT2D eigenvalue weighted by molar-refractivity contribution is -0.134. The molecule has 0 rings (SSSR count). The van der Waals surface area contributed by atoms with E-state index < -0.39 is 0 Å². The van der Waals surface area contributed by atoms with Crippen LogP contribution in [0.2, 0.25) is 0 Å². The third kappa shape index (κ3) is 5.73. The Hall–Kier alpha value is -1.06. The molecule has 2 amide bonds. The van der Waals surface area contributed by atoms with E-state index in [9.17, 15) is 9.59 Å². The van der Waals surface area contributed by atoms with E-state index in [4.69, 9.17) is 0 Å². The molecule has 0 heterocycles. The summed E-state index contributed by atoms with van der Waals surface area (Å²) >= 11 is 0. The summed E-state index contributed by atoms with van der Waals surface area (Å²) in [5, 5.41) is 2.81. The molecule has 0 aromatic heterocycles. The summed E-state index contributed by atoms with van der Waals surface area (Å²) in [6.07, 6.45) is 1.40. The Bertz CT molecular complexity index is 244. The first kappa shape index (κ1) is 14.9. The van der Waals surface area contributed by atoms with Crippen molar-refractivity contribution < 1.29 is 9.59 Å². The van der Waals surface area contributed by atoms with Crippen LogP contribution in [0, 0.1) is 0 Å². The van der Waals surface area contributed by atoms with Gasteiger partial charge in [0.05, 0.1) is 0 Å². The SMILES string of the molecule is CCCC(=O)NCCN(C(C)=O)C(C)(C)C. The number of rotatable bonds is 5. The van der Waals surface area contributed by atoms with Crippen LogP contribution in [0.3, 0.4) is 0 Å².